The molecule has 0 aliphatic rings. The summed E-state index contributed by atoms with van der Waals surface area (Å²) in [5.41, 5.74) is 6.48. The van der Waals surface area contributed by atoms with Crippen molar-refractivity contribution in [2.24, 2.45) is 5.41 Å². The van der Waals surface area contributed by atoms with Crippen LogP contribution in [0.1, 0.15) is 52.2 Å². The number of likely N-dealkylation sites (N-methyl/N-ethyl adjacent to an activating group) is 1. The molecule has 0 fully saturated rings. The van der Waals surface area contributed by atoms with Crippen molar-refractivity contribution in [3.05, 3.63) is 53.9 Å². The predicted molar refractivity (Wildman–Crippen MR) is 126 cm³/mol. The van der Waals surface area contributed by atoms with E-state index >= 15 is 0 Å². The molecule has 0 saturated carbocycles. The van der Waals surface area contributed by atoms with Crippen molar-refractivity contribution in [3.63, 3.8) is 0 Å². The highest BCUT2D eigenvalue weighted by molar-refractivity contribution is 5.82. The van der Waals surface area contributed by atoms with Gasteiger partial charge >= 0.3 is 0 Å². The molecule has 0 amide bonds. The van der Waals surface area contributed by atoms with Crippen LogP contribution in [0.5, 0.6) is 0 Å². The van der Waals surface area contributed by atoms with Crippen LogP contribution in [0.4, 0.5) is 5.69 Å². The Kier molecular flexibility index (Phi) is 5.08. The molecule has 158 valence electrons. The molecule has 0 unspecified atom stereocenters. The lowest BCUT2D eigenvalue weighted by molar-refractivity contribution is 0.377. The van der Waals surface area contributed by atoms with E-state index in [-0.39, 0.29) is 5.54 Å². The Balaban J connectivity index is 1.64. The quantitative estimate of drug-likeness (QED) is 0.423. The van der Waals surface area contributed by atoms with Crippen LogP contribution in [-0.4, -0.2) is 33.0 Å². The van der Waals surface area contributed by atoms with Gasteiger partial charge in [-0.1, -0.05) is 20.8 Å². The van der Waals surface area contributed by atoms with Crippen LogP contribution in [0.2, 0.25) is 0 Å². The molecule has 2 N–H and O–H groups in total. The summed E-state index contributed by atoms with van der Waals surface area (Å²) in [7, 11) is 2.19. The van der Waals surface area contributed by atoms with Gasteiger partial charge in [0, 0.05) is 29.0 Å². The Morgan fingerprint density at radius 2 is 1.50 bits per heavy atom. The Hall–Kier alpha value is -2.82. The molecule has 0 saturated heterocycles. The van der Waals surface area contributed by atoms with Gasteiger partial charge in [-0.25, -0.2) is 0 Å². The molecular weight excluding hydrogens is 370 g/mol. The summed E-state index contributed by atoms with van der Waals surface area (Å²) in [6, 6.07) is 11.1. The summed E-state index contributed by atoms with van der Waals surface area (Å²) in [4.78, 5) is 2.38. The van der Waals surface area contributed by atoms with E-state index in [1.165, 1.54) is 22.2 Å². The molecule has 4 aromatic rings. The topological polar surface area (TPSA) is 60.6 Å². The van der Waals surface area contributed by atoms with Crippen molar-refractivity contribution in [2.75, 3.05) is 11.9 Å². The predicted octanol–water partition coefficient (Wildman–Crippen LogP) is 5.88. The third-order valence-electron chi connectivity index (χ3n) is 6.25. The molecule has 2 aromatic carbocycles. The normalized spacial score (nSPS) is 12.7. The smallest absolute Gasteiger partial charge is 0.0653 e. The highest BCUT2D eigenvalue weighted by Crippen LogP contribution is 2.31. The largest absolute Gasteiger partial charge is 0.369 e. The van der Waals surface area contributed by atoms with Gasteiger partial charge in [-0.3, -0.25) is 10.2 Å². The van der Waals surface area contributed by atoms with Gasteiger partial charge < -0.3 is 4.90 Å². The van der Waals surface area contributed by atoms with Crippen LogP contribution in [-0.2, 0) is 12.8 Å². The second-order valence-electron chi connectivity index (χ2n) is 10.3. The van der Waals surface area contributed by atoms with Crippen LogP contribution in [0, 0.1) is 5.41 Å². The number of aromatic amines is 2. The van der Waals surface area contributed by atoms with Crippen molar-refractivity contribution < 1.29 is 0 Å². The second kappa shape index (κ2) is 7.46. The van der Waals surface area contributed by atoms with Crippen molar-refractivity contribution in [1.29, 1.82) is 0 Å². The van der Waals surface area contributed by atoms with E-state index in [9.17, 15) is 0 Å². The fraction of sp³-hybridized carbons (Fsp3) is 0.440. The van der Waals surface area contributed by atoms with E-state index in [1.807, 2.05) is 12.4 Å². The highest BCUT2D eigenvalue weighted by atomic mass is 15.2. The zero-order chi connectivity index (χ0) is 21.5. The summed E-state index contributed by atoms with van der Waals surface area (Å²) in [5, 5.41) is 16.9. The molecule has 0 radical (unpaired) electrons. The van der Waals surface area contributed by atoms with E-state index < -0.39 is 0 Å². The Labute approximate surface area is 178 Å². The van der Waals surface area contributed by atoms with Crippen LogP contribution < -0.4 is 4.90 Å². The first-order valence-electron chi connectivity index (χ1n) is 10.7. The third-order valence-corrected chi connectivity index (χ3v) is 6.25. The van der Waals surface area contributed by atoms with Gasteiger partial charge in [0.15, 0.2) is 0 Å². The summed E-state index contributed by atoms with van der Waals surface area (Å²) >= 11 is 0. The van der Waals surface area contributed by atoms with Crippen LogP contribution >= 0.6 is 0 Å². The monoisotopic (exact) mass is 403 g/mol. The van der Waals surface area contributed by atoms with Gasteiger partial charge in [-0.15, -0.1) is 0 Å². The number of rotatable bonds is 6. The number of hydrogen-bond acceptors (Lipinski definition) is 3. The molecular formula is C25H33N5. The molecule has 0 atom stereocenters. The highest BCUT2D eigenvalue weighted by Gasteiger charge is 2.26. The minimum atomic E-state index is -0.0540. The number of nitrogens with zero attached hydrogens (tertiary/aromatic N) is 3. The van der Waals surface area contributed by atoms with E-state index in [2.05, 4.69) is 97.3 Å². The summed E-state index contributed by atoms with van der Waals surface area (Å²) in [5.74, 6) is 0. The van der Waals surface area contributed by atoms with Gasteiger partial charge in [0.2, 0.25) is 0 Å². The lowest BCUT2D eigenvalue weighted by Gasteiger charge is -2.38. The van der Waals surface area contributed by atoms with Crippen molar-refractivity contribution in [3.8, 4) is 0 Å². The Morgan fingerprint density at radius 3 is 2.20 bits per heavy atom. The third kappa shape index (κ3) is 4.20. The van der Waals surface area contributed by atoms with E-state index in [4.69, 9.17) is 0 Å². The number of H-pyrrole nitrogens is 2. The fourth-order valence-electron chi connectivity index (χ4n) is 4.06. The molecule has 30 heavy (non-hydrogen) atoms. The molecule has 4 rings (SSSR count). The van der Waals surface area contributed by atoms with Crippen LogP contribution in [0.25, 0.3) is 21.8 Å². The van der Waals surface area contributed by atoms with E-state index in [0.29, 0.717) is 5.41 Å². The molecule has 0 bridgehead atoms. The fourth-order valence-corrected chi connectivity index (χ4v) is 4.06. The van der Waals surface area contributed by atoms with E-state index in [0.717, 1.165) is 35.7 Å². The van der Waals surface area contributed by atoms with Gasteiger partial charge in [-0.05, 0) is 80.0 Å². The second-order valence-corrected chi connectivity index (χ2v) is 10.3. The minimum absolute atomic E-state index is 0.0540. The molecule has 2 heterocycles. The SMILES string of the molecule is CN(c1ccc2[nH]ncc2c1)C(C)(C)Cc1cc2[nH]ncc2cc1CCC(C)(C)C. The molecule has 0 aliphatic carbocycles. The summed E-state index contributed by atoms with van der Waals surface area (Å²) in [6.07, 6.45) is 7.02. The van der Waals surface area contributed by atoms with Gasteiger partial charge in [-0.2, -0.15) is 10.2 Å². The number of nitrogens with one attached hydrogen (secondary N) is 2. The van der Waals surface area contributed by atoms with Crippen molar-refractivity contribution in [2.45, 2.75) is 59.4 Å². The van der Waals surface area contributed by atoms with Crippen LogP contribution in [0.15, 0.2) is 42.7 Å². The summed E-state index contributed by atoms with van der Waals surface area (Å²) in [6.45, 7) is 11.6. The molecule has 0 aliphatic heterocycles. The zero-order valence-electron chi connectivity index (χ0n) is 19.0. The number of hydrogen-bond donors (Lipinski definition) is 2. The molecule has 2 aromatic heterocycles. The minimum Gasteiger partial charge on any atom is -0.369 e. The molecule has 5 heteroatoms. The maximum atomic E-state index is 4.25. The first-order valence-corrected chi connectivity index (χ1v) is 10.7. The number of anilines is 1. The molecule has 0 spiro atoms. The first-order chi connectivity index (χ1) is 14.1. The number of fused-ring (bicyclic) bond motifs is 2. The maximum Gasteiger partial charge on any atom is 0.0653 e. The first kappa shape index (κ1) is 20.5. The standard InChI is InChI=1S/C25H33N5/c1-24(2,3)10-9-17-11-19-15-27-29-23(19)13-18(17)14-25(4,5)30(6)21-7-8-22-20(12-21)16-26-28-22/h7-8,11-13,15-16H,9-10,14H2,1-6H3,(H,26,28)(H,27,29). The maximum absolute atomic E-state index is 4.25. The van der Waals surface area contributed by atoms with E-state index in [1.54, 1.807) is 0 Å². The van der Waals surface area contributed by atoms with Gasteiger partial charge in [0.25, 0.3) is 0 Å². The van der Waals surface area contributed by atoms with Gasteiger partial charge in [0.05, 0.1) is 23.4 Å². The van der Waals surface area contributed by atoms with Crippen LogP contribution in [0.3, 0.4) is 0 Å². The average Bonchev–Trinajstić information content (AvgIpc) is 3.32. The van der Waals surface area contributed by atoms with Crippen molar-refractivity contribution in [1.82, 2.24) is 20.4 Å². The van der Waals surface area contributed by atoms with Gasteiger partial charge in [0.1, 0.15) is 0 Å². The number of benzene rings is 2. The molecule has 5 nitrogen and oxygen atoms in total. The lowest BCUT2D eigenvalue weighted by atomic mass is 9.84. The zero-order valence-corrected chi connectivity index (χ0v) is 19.0. The number of aryl methyl sites for hydroxylation is 1. The van der Waals surface area contributed by atoms with Crippen molar-refractivity contribution >= 4 is 27.5 Å². The average molecular weight is 404 g/mol. The lowest BCUT2D eigenvalue weighted by Crippen LogP contribution is -2.43. The Bertz CT molecular complexity index is 1160. The Morgan fingerprint density at radius 1 is 0.833 bits per heavy atom. The summed E-state index contributed by atoms with van der Waals surface area (Å²) < 4.78 is 0. The number of aromatic nitrogens is 4.